The van der Waals surface area contributed by atoms with Crippen molar-refractivity contribution >= 4 is 0 Å². The molecule has 1 nitrogen and oxygen atoms in total. The zero-order chi connectivity index (χ0) is 8.67. The number of fused-ring (bicyclic) bond motifs is 3. The van der Waals surface area contributed by atoms with Crippen LogP contribution < -0.4 is 0 Å². The zero-order valence-electron chi connectivity index (χ0n) is 7.60. The Morgan fingerprint density at radius 1 is 1.00 bits per heavy atom. The Hall–Kier alpha value is -0.820. The summed E-state index contributed by atoms with van der Waals surface area (Å²) in [6.07, 6.45) is 16.5. The van der Waals surface area contributed by atoms with Gasteiger partial charge in [0, 0.05) is 5.92 Å². The first kappa shape index (κ1) is 7.57. The molecule has 68 valence electrons. The highest BCUT2D eigenvalue weighted by molar-refractivity contribution is 5.21. The largest absolute Gasteiger partial charge is 0.370 e. The predicted octanol–water partition coefficient (Wildman–Crippen LogP) is 2.46. The van der Waals surface area contributed by atoms with E-state index in [2.05, 4.69) is 36.5 Å². The van der Waals surface area contributed by atoms with Gasteiger partial charge in [0.05, 0.1) is 12.2 Å². The molecule has 0 aromatic carbocycles. The van der Waals surface area contributed by atoms with Crippen molar-refractivity contribution < 1.29 is 4.74 Å². The van der Waals surface area contributed by atoms with Gasteiger partial charge in [0.15, 0.2) is 0 Å². The molecule has 0 aromatic heterocycles. The topological polar surface area (TPSA) is 9.23 Å². The minimum Gasteiger partial charge on any atom is -0.370 e. The molecule has 1 fully saturated rings. The molecule has 1 saturated heterocycles. The van der Waals surface area contributed by atoms with E-state index in [4.69, 9.17) is 4.74 Å². The number of rotatable bonds is 0. The van der Waals surface area contributed by atoms with Crippen molar-refractivity contribution in [2.24, 2.45) is 11.8 Å². The lowest BCUT2D eigenvalue weighted by molar-refractivity contribution is 0.0552. The van der Waals surface area contributed by atoms with Crippen LogP contribution in [0.2, 0.25) is 0 Å². The molecule has 0 bridgehead atoms. The highest BCUT2D eigenvalue weighted by Crippen LogP contribution is 2.41. The van der Waals surface area contributed by atoms with E-state index in [1.54, 1.807) is 0 Å². The van der Waals surface area contributed by atoms with E-state index in [0.717, 1.165) is 12.3 Å². The van der Waals surface area contributed by atoms with Crippen molar-refractivity contribution in [2.75, 3.05) is 0 Å². The second-order valence-corrected chi connectivity index (χ2v) is 4.09. The second kappa shape index (κ2) is 2.85. The summed E-state index contributed by atoms with van der Waals surface area (Å²) in [5, 5.41) is 0. The highest BCUT2D eigenvalue weighted by Gasteiger charge is 2.41. The van der Waals surface area contributed by atoms with Gasteiger partial charge >= 0.3 is 0 Å². The molecule has 3 rings (SSSR count). The zero-order valence-corrected chi connectivity index (χ0v) is 7.60. The molecule has 13 heavy (non-hydrogen) atoms. The first-order chi connectivity index (χ1) is 6.45. The van der Waals surface area contributed by atoms with Crippen molar-refractivity contribution in [3.63, 3.8) is 0 Å². The molecular weight excluding hydrogens is 160 g/mol. The summed E-state index contributed by atoms with van der Waals surface area (Å²) >= 11 is 0. The maximum atomic E-state index is 5.98. The molecule has 1 heteroatoms. The fourth-order valence-electron chi connectivity index (χ4n) is 2.70. The summed E-state index contributed by atoms with van der Waals surface area (Å²) in [6, 6.07) is 0. The molecule has 0 N–H and O–H groups in total. The van der Waals surface area contributed by atoms with Crippen molar-refractivity contribution in [1.29, 1.82) is 0 Å². The van der Waals surface area contributed by atoms with E-state index in [1.807, 2.05) is 0 Å². The molecule has 0 amide bonds. The highest BCUT2D eigenvalue weighted by atomic mass is 16.5. The lowest BCUT2D eigenvalue weighted by atomic mass is 9.80. The number of hydrogen-bond acceptors (Lipinski definition) is 1. The number of hydrogen-bond donors (Lipinski definition) is 0. The monoisotopic (exact) mass is 174 g/mol. The molecule has 4 unspecified atom stereocenters. The van der Waals surface area contributed by atoms with E-state index in [-0.39, 0.29) is 0 Å². The Morgan fingerprint density at radius 2 is 1.85 bits per heavy atom. The van der Waals surface area contributed by atoms with Crippen LogP contribution in [0, 0.1) is 11.8 Å². The third-order valence-electron chi connectivity index (χ3n) is 3.37. The summed E-state index contributed by atoms with van der Waals surface area (Å²) in [5.74, 6) is 1.37. The average molecular weight is 174 g/mol. The van der Waals surface area contributed by atoms with Crippen LogP contribution in [0.1, 0.15) is 12.8 Å². The lowest BCUT2D eigenvalue weighted by Crippen LogP contribution is -2.21. The van der Waals surface area contributed by atoms with Gasteiger partial charge in [-0.1, -0.05) is 36.5 Å². The summed E-state index contributed by atoms with van der Waals surface area (Å²) in [7, 11) is 0. The van der Waals surface area contributed by atoms with Crippen LogP contribution in [0.15, 0.2) is 36.5 Å². The van der Waals surface area contributed by atoms with Gasteiger partial charge in [-0.05, 0) is 18.8 Å². The standard InChI is InChI=1S/C12H14O/c1-3-7-11-9(5-1)10-6-2-4-8-12(10)13-11/h1-5,7,9-12H,6,8H2. The van der Waals surface area contributed by atoms with Gasteiger partial charge < -0.3 is 4.74 Å². The minimum absolute atomic E-state index is 0.361. The van der Waals surface area contributed by atoms with Crippen LogP contribution in [-0.4, -0.2) is 12.2 Å². The fourth-order valence-corrected chi connectivity index (χ4v) is 2.70. The van der Waals surface area contributed by atoms with Gasteiger partial charge in [0.1, 0.15) is 0 Å². The fraction of sp³-hybridized carbons (Fsp3) is 0.500. The quantitative estimate of drug-likeness (QED) is 0.512. The molecule has 1 heterocycles. The van der Waals surface area contributed by atoms with E-state index < -0.39 is 0 Å². The van der Waals surface area contributed by atoms with Crippen LogP contribution in [0.3, 0.4) is 0 Å². The molecule has 4 atom stereocenters. The van der Waals surface area contributed by atoms with Crippen LogP contribution in [0.25, 0.3) is 0 Å². The predicted molar refractivity (Wildman–Crippen MR) is 52.3 cm³/mol. The number of ether oxygens (including phenoxy) is 1. The molecule has 0 aromatic rings. The number of allylic oxidation sites excluding steroid dienone is 3. The third-order valence-corrected chi connectivity index (χ3v) is 3.37. The lowest BCUT2D eigenvalue weighted by Gasteiger charge is -2.22. The summed E-state index contributed by atoms with van der Waals surface area (Å²) in [5.41, 5.74) is 0. The molecule has 0 radical (unpaired) electrons. The van der Waals surface area contributed by atoms with Gasteiger partial charge in [0.25, 0.3) is 0 Å². The third kappa shape index (κ3) is 1.11. The van der Waals surface area contributed by atoms with Crippen LogP contribution >= 0.6 is 0 Å². The Labute approximate surface area is 78.8 Å². The van der Waals surface area contributed by atoms with E-state index in [9.17, 15) is 0 Å². The van der Waals surface area contributed by atoms with E-state index in [1.165, 1.54) is 6.42 Å². The minimum atomic E-state index is 0.361. The van der Waals surface area contributed by atoms with Crippen LogP contribution in [0.5, 0.6) is 0 Å². The summed E-state index contributed by atoms with van der Waals surface area (Å²) in [4.78, 5) is 0. The summed E-state index contributed by atoms with van der Waals surface area (Å²) < 4.78 is 5.98. The van der Waals surface area contributed by atoms with Gasteiger partial charge in [-0.3, -0.25) is 0 Å². The molecule has 0 saturated carbocycles. The van der Waals surface area contributed by atoms with Gasteiger partial charge in [-0.2, -0.15) is 0 Å². The first-order valence-corrected chi connectivity index (χ1v) is 5.10. The average Bonchev–Trinajstić information content (AvgIpc) is 2.56. The molecular formula is C12H14O. The van der Waals surface area contributed by atoms with Gasteiger partial charge in [-0.15, -0.1) is 0 Å². The maximum Gasteiger partial charge on any atom is 0.0829 e. The Bertz CT molecular complexity index is 287. The van der Waals surface area contributed by atoms with Crippen LogP contribution in [0.4, 0.5) is 0 Å². The Morgan fingerprint density at radius 3 is 2.85 bits per heavy atom. The van der Waals surface area contributed by atoms with E-state index >= 15 is 0 Å². The SMILES string of the molecule is C1=CC2OC3CC=CCC3C2C=C1. The maximum absolute atomic E-state index is 5.98. The smallest absolute Gasteiger partial charge is 0.0829 e. The molecule has 2 aliphatic carbocycles. The van der Waals surface area contributed by atoms with Crippen molar-refractivity contribution in [1.82, 2.24) is 0 Å². The molecule has 1 aliphatic heterocycles. The van der Waals surface area contributed by atoms with Crippen molar-refractivity contribution in [3.05, 3.63) is 36.5 Å². The Kier molecular flexibility index (Phi) is 1.66. The Balaban J connectivity index is 1.89. The van der Waals surface area contributed by atoms with Crippen molar-refractivity contribution in [3.8, 4) is 0 Å². The molecule has 0 spiro atoms. The van der Waals surface area contributed by atoms with E-state index in [0.29, 0.717) is 18.1 Å². The molecule has 3 aliphatic rings. The van der Waals surface area contributed by atoms with Gasteiger partial charge in [-0.25, -0.2) is 0 Å². The second-order valence-electron chi connectivity index (χ2n) is 4.09. The van der Waals surface area contributed by atoms with Gasteiger partial charge in [0.2, 0.25) is 0 Å². The van der Waals surface area contributed by atoms with Crippen molar-refractivity contribution in [2.45, 2.75) is 25.0 Å². The summed E-state index contributed by atoms with van der Waals surface area (Å²) in [6.45, 7) is 0. The van der Waals surface area contributed by atoms with Crippen LogP contribution in [-0.2, 0) is 4.74 Å². The normalized spacial score (nSPS) is 46.2. The first-order valence-electron chi connectivity index (χ1n) is 5.10.